The molecule has 0 saturated carbocycles. The number of amidine groups is 1. The summed E-state index contributed by atoms with van der Waals surface area (Å²) >= 11 is 0. The van der Waals surface area contributed by atoms with Crippen LogP contribution in [0.5, 0.6) is 0 Å². The molecular weight excluding hydrogens is 370 g/mol. The molecule has 144 valence electrons. The minimum Gasteiger partial charge on any atom is -0.327 e. The van der Waals surface area contributed by atoms with Crippen LogP contribution < -0.4 is 5.32 Å². The molecule has 0 bridgehead atoms. The summed E-state index contributed by atoms with van der Waals surface area (Å²) in [6.07, 6.45) is 2.95. The molecule has 0 aliphatic carbocycles. The molecule has 0 unspecified atom stereocenters. The largest absolute Gasteiger partial charge is 0.327 e. The number of aromatic nitrogens is 1. The SMILES string of the molecule is CCc1ccc(CC(=NS(=O)(=O)c2ccc(C)cc2)Nc2ccccn2)cc1. The number of hydrogen-bond acceptors (Lipinski definition) is 3. The lowest BCUT2D eigenvalue weighted by molar-refractivity contribution is 0.598. The first-order valence-electron chi connectivity index (χ1n) is 9.12. The van der Waals surface area contributed by atoms with Crippen LogP contribution in [-0.4, -0.2) is 19.2 Å². The van der Waals surface area contributed by atoms with Crippen molar-refractivity contribution in [3.63, 3.8) is 0 Å². The van der Waals surface area contributed by atoms with E-state index in [9.17, 15) is 8.42 Å². The second-order valence-corrected chi connectivity index (χ2v) is 8.12. The fourth-order valence-electron chi connectivity index (χ4n) is 2.68. The van der Waals surface area contributed by atoms with E-state index in [1.807, 2.05) is 37.3 Å². The Labute approximate surface area is 166 Å². The fraction of sp³-hybridized carbons (Fsp3) is 0.182. The molecule has 6 heteroatoms. The highest BCUT2D eigenvalue weighted by Crippen LogP contribution is 2.15. The summed E-state index contributed by atoms with van der Waals surface area (Å²) in [5.74, 6) is 0.869. The van der Waals surface area contributed by atoms with Crippen LogP contribution >= 0.6 is 0 Å². The Balaban J connectivity index is 1.94. The van der Waals surface area contributed by atoms with E-state index in [1.165, 1.54) is 5.56 Å². The molecule has 0 saturated heterocycles. The smallest absolute Gasteiger partial charge is 0.283 e. The van der Waals surface area contributed by atoms with E-state index in [-0.39, 0.29) is 4.90 Å². The van der Waals surface area contributed by atoms with E-state index in [0.717, 1.165) is 17.5 Å². The van der Waals surface area contributed by atoms with Crippen LogP contribution in [0.1, 0.15) is 23.6 Å². The molecular formula is C22H23N3O2S. The third-order valence-corrected chi connectivity index (χ3v) is 5.62. The highest BCUT2D eigenvalue weighted by atomic mass is 32.2. The number of pyridine rings is 1. The molecule has 0 amide bonds. The van der Waals surface area contributed by atoms with E-state index in [2.05, 4.69) is 21.6 Å². The van der Waals surface area contributed by atoms with Gasteiger partial charge >= 0.3 is 0 Å². The second kappa shape index (κ2) is 8.80. The number of rotatable bonds is 6. The maximum atomic E-state index is 12.8. The Morgan fingerprint density at radius 3 is 2.25 bits per heavy atom. The first-order valence-corrected chi connectivity index (χ1v) is 10.6. The summed E-state index contributed by atoms with van der Waals surface area (Å²) in [6, 6.07) is 20.1. The Morgan fingerprint density at radius 1 is 0.964 bits per heavy atom. The maximum absolute atomic E-state index is 12.8. The number of nitrogens with one attached hydrogen (secondary N) is 1. The van der Waals surface area contributed by atoms with Crippen molar-refractivity contribution in [1.82, 2.24) is 4.98 Å². The van der Waals surface area contributed by atoms with Crippen molar-refractivity contribution in [1.29, 1.82) is 0 Å². The Hall–Kier alpha value is -2.99. The van der Waals surface area contributed by atoms with Crippen LogP contribution in [0.25, 0.3) is 0 Å². The zero-order valence-electron chi connectivity index (χ0n) is 16.0. The summed E-state index contributed by atoms with van der Waals surface area (Å²) in [5.41, 5.74) is 3.19. The van der Waals surface area contributed by atoms with E-state index >= 15 is 0 Å². The molecule has 0 fully saturated rings. The van der Waals surface area contributed by atoms with E-state index in [4.69, 9.17) is 0 Å². The summed E-state index contributed by atoms with van der Waals surface area (Å²) < 4.78 is 29.7. The molecule has 3 rings (SSSR count). The number of aryl methyl sites for hydroxylation is 2. The van der Waals surface area contributed by atoms with Crippen LogP contribution in [0.2, 0.25) is 0 Å². The molecule has 1 heterocycles. The van der Waals surface area contributed by atoms with Gasteiger partial charge in [-0.25, -0.2) is 4.98 Å². The van der Waals surface area contributed by atoms with Gasteiger partial charge in [0, 0.05) is 12.6 Å². The first kappa shape index (κ1) is 19.8. The maximum Gasteiger partial charge on any atom is 0.283 e. The lowest BCUT2D eigenvalue weighted by atomic mass is 10.1. The van der Waals surface area contributed by atoms with Gasteiger partial charge in [0.15, 0.2) is 0 Å². The third-order valence-electron chi connectivity index (χ3n) is 4.29. The Bertz CT molecular complexity index is 1040. The molecule has 0 spiro atoms. The van der Waals surface area contributed by atoms with Gasteiger partial charge in [0.1, 0.15) is 11.7 Å². The number of sulfonamides is 1. The zero-order valence-corrected chi connectivity index (χ0v) is 16.8. The van der Waals surface area contributed by atoms with Crippen molar-refractivity contribution in [3.8, 4) is 0 Å². The minimum atomic E-state index is -3.83. The number of benzene rings is 2. The monoisotopic (exact) mass is 393 g/mol. The van der Waals surface area contributed by atoms with Crippen LogP contribution in [-0.2, 0) is 22.9 Å². The molecule has 0 aliphatic heterocycles. The molecule has 5 nitrogen and oxygen atoms in total. The highest BCUT2D eigenvalue weighted by Gasteiger charge is 2.15. The Kier molecular flexibility index (Phi) is 6.21. The molecule has 2 aromatic carbocycles. The predicted molar refractivity (Wildman–Crippen MR) is 113 cm³/mol. The van der Waals surface area contributed by atoms with Crippen molar-refractivity contribution >= 4 is 21.7 Å². The number of nitrogens with zero attached hydrogens (tertiary/aromatic N) is 2. The van der Waals surface area contributed by atoms with Crippen molar-refractivity contribution < 1.29 is 8.42 Å². The number of anilines is 1. The van der Waals surface area contributed by atoms with Gasteiger partial charge in [-0.15, -0.1) is 4.40 Å². The van der Waals surface area contributed by atoms with Gasteiger partial charge in [-0.3, -0.25) is 0 Å². The van der Waals surface area contributed by atoms with Gasteiger partial charge in [-0.1, -0.05) is 55.0 Å². The minimum absolute atomic E-state index is 0.166. The van der Waals surface area contributed by atoms with E-state index in [0.29, 0.717) is 18.1 Å². The van der Waals surface area contributed by atoms with Crippen LogP contribution in [0.4, 0.5) is 5.82 Å². The lowest BCUT2D eigenvalue weighted by Gasteiger charge is -2.10. The average Bonchev–Trinajstić information content (AvgIpc) is 2.69. The van der Waals surface area contributed by atoms with Crippen molar-refractivity contribution in [3.05, 3.63) is 89.6 Å². The third kappa shape index (κ3) is 5.27. The van der Waals surface area contributed by atoms with Gasteiger partial charge in [-0.2, -0.15) is 8.42 Å². The van der Waals surface area contributed by atoms with Gasteiger partial charge in [0.2, 0.25) is 0 Å². The zero-order chi connectivity index (χ0) is 20.0. The van der Waals surface area contributed by atoms with Crippen LogP contribution in [0, 0.1) is 6.92 Å². The summed E-state index contributed by atoms with van der Waals surface area (Å²) in [6.45, 7) is 4.01. The average molecular weight is 394 g/mol. The second-order valence-electron chi connectivity index (χ2n) is 6.51. The standard InChI is InChI=1S/C22H23N3O2S/c1-3-18-9-11-19(12-10-18)16-22(24-21-6-4-5-15-23-21)25-28(26,27)20-13-7-17(2)8-14-20/h4-15H,3,16H2,1-2H3,(H,23,24,25). The first-order chi connectivity index (χ1) is 13.5. The summed E-state index contributed by atoms with van der Waals surface area (Å²) in [5, 5.41) is 3.05. The van der Waals surface area contributed by atoms with Crippen molar-refractivity contribution in [2.24, 2.45) is 4.40 Å². The molecule has 1 aromatic heterocycles. The summed E-state index contributed by atoms with van der Waals surface area (Å²) in [7, 11) is -3.83. The molecule has 28 heavy (non-hydrogen) atoms. The highest BCUT2D eigenvalue weighted by molar-refractivity contribution is 7.90. The van der Waals surface area contributed by atoms with E-state index < -0.39 is 10.0 Å². The quantitative estimate of drug-likeness (QED) is 0.498. The van der Waals surface area contributed by atoms with Gasteiger partial charge in [0.25, 0.3) is 10.0 Å². The van der Waals surface area contributed by atoms with Gasteiger partial charge < -0.3 is 5.32 Å². The number of hydrogen-bond donors (Lipinski definition) is 1. The topological polar surface area (TPSA) is 71.4 Å². The lowest BCUT2D eigenvalue weighted by Crippen LogP contribution is -2.18. The summed E-state index contributed by atoms with van der Waals surface area (Å²) in [4.78, 5) is 4.38. The van der Waals surface area contributed by atoms with Gasteiger partial charge in [-0.05, 0) is 48.7 Å². The molecule has 0 aliphatic rings. The van der Waals surface area contributed by atoms with Crippen molar-refractivity contribution in [2.75, 3.05) is 5.32 Å². The molecule has 1 N–H and O–H groups in total. The Morgan fingerprint density at radius 2 is 1.64 bits per heavy atom. The molecule has 3 aromatic rings. The predicted octanol–water partition coefficient (Wildman–Crippen LogP) is 4.39. The molecule has 0 atom stereocenters. The van der Waals surface area contributed by atoms with Crippen LogP contribution in [0.3, 0.4) is 0 Å². The van der Waals surface area contributed by atoms with Gasteiger partial charge in [0.05, 0.1) is 4.90 Å². The van der Waals surface area contributed by atoms with E-state index in [1.54, 1.807) is 42.6 Å². The van der Waals surface area contributed by atoms with Crippen LogP contribution in [0.15, 0.2) is 82.2 Å². The van der Waals surface area contributed by atoms with Crippen molar-refractivity contribution in [2.45, 2.75) is 31.6 Å². The fourth-order valence-corrected chi connectivity index (χ4v) is 3.66. The molecule has 0 radical (unpaired) electrons. The normalized spacial score (nSPS) is 12.0.